The molecule has 0 aliphatic carbocycles. The first kappa shape index (κ1) is 8.27. The summed E-state index contributed by atoms with van der Waals surface area (Å²) in [6.07, 6.45) is -0.0301. The SMILES string of the molecule is C=C(C)C(=O)OC(C)C1CO1. The number of esters is 1. The van der Waals surface area contributed by atoms with Crippen molar-refractivity contribution < 1.29 is 14.3 Å². The highest BCUT2D eigenvalue weighted by molar-refractivity contribution is 5.87. The second-order valence-electron chi connectivity index (χ2n) is 2.76. The van der Waals surface area contributed by atoms with Crippen molar-refractivity contribution >= 4 is 5.97 Å². The van der Waals surface area contributed by atoms with E-state index in [9.17, 15) is 4.79 Å². The zero-order chi connectivity index (χ0) is 8.43. The molecule has 3 heteroatoms. The molecule has 2 atom stereocenters. The number of hydrogen-bond acceptors (Lipinski definition) is 3. The van der Waals surface area contributed by atoms with E-state index in [-0.39, 0.29) is 18.2 Å². The maximum absolute atomic E-state index is 10.9. The Morgan fingerprint density at radius 3 is 2.73 bits per heavy atom. The van der Waals surface area contributed by atoms with Crippen LogP contribution >= 0.6 is 0 Å². The summed E-state index contributed by atoms with van der Waals surface area (Å²) in [4.78, 5) is 10.9. The monoisotopic (exact) mass is 156 g/mol. The van der Waals surface area contributed by atoms with Crippen LogP contribution in [-0.2, 0) is 14.3 Å². The molecule has 3 nitrogen and oxygen atoms in total. The van der Waals surface area contributed by atoms with Crippen molar-refractivity contribution in [3.8, 4) is 0 Å². The molecule has 11 heavy (non-hydrogen) atoms. The predicted octanol–water partition coefficient (Wildman–Crippen LogP) is 0.893. The lowest BCUT2D eigenvalue weighted by atomic mass is 10.3. The number of hydrogen-bond donors (Lipinski definition) is 0. The molecule has 1 aliphatic heterocycles. The van der Waals surface area contributed by atoms with Crippen LogP contribution in [0.5, 0.6) is 0 Å². The van der Waals surface area contributed by atoms with Crippen LogP contribution in [0.25, 0.3) is 0 Å². The van der Waals surface area contributed by atoms with Gasteiger partial charge in [-0.2, -0.15) is 0 Å². The van der Waals surface area contributed by atoms with Gasteiger partial charge in [0.05, 0.1) is 6.61 Å². The smallest absolute Gasteiger partial charge is 0.333 e. The largest absolute Gasteiger partial charge is 0.456 e. The normalized spacial score (nSPS) is 24.0. The van der Waals surface area contributed by atoms with Gasteiger partial charge in [0.25, 0.3) is 0 Å². The van der Waals surface area contributed by atoms with E-state index in [0.717, 1.165) is 0 Å². The van der Waals surface area contributed by atoms with Crippen molar-refractivity contribution in [1.82, 2.24) is 0 Å². The Kier molecular flexibility index (Phi) is 2.29. The van der Waals surface area contributed by atoms with Gasteiger partial charge in [0.1, 0.15) is 12.2 Å². The van der Waals surface area contributed by atoms with Gasteiger partial charge in [-0.25, -0.2) is 4.79 Å². The number of rotatable bonds is 3. The maximum atomic E-state index is 10.9. The molecular formula is C8H12O3. The maximum Gasteiger partial charge on any atom is 0.333 e. The van der Waals surface area contributed by atoms with E-state index >= 15 is 0 Å². The van der Waals surface area contributed by atoms with E-state index in [2.05, 4.69) is 6.58 Å². The van der Waals surface area contributed by atoms with Gasteiger partial charge in [0.15, 0.2) is 0 Å². The molecule has 0 aromatic carbocycles. The van der Waals surface area contributed by atoms with Crippen LogP contribution in [0.2, 0.25) is 0 Å². The van der Waals surface area contributed by atoms with Crippen LogP contribution in [0.3, 0.4) is 0 Å². The lowest BCUT2D eigenvalue weighted by molar-refractivity contribution is -0.144. The first-order valence-corrected chi connectivity index (χ1v) is 3.59. The molecule has 0 N–H and O–H groups in total. The molecule has 2 unspecified atom stereocenters. The molecule has 0 aromatic rings. The zero-order valence-electron chi connectivity index (χ0n) is 6.79. The van der Waals surface area contributed by atoms with Crippen molar-refractivity contribution in [2.75, 3.05) is 6.61 Å². The molecule has 0 saturated carbocycles. The highest BCUT2D eigenvalue weighted by Crippen LogP contribution is 2.17. The minimum Gasteiger partial charge on any atom is -0.456 e. The minimum absolute atomic E-state index is 0.110. The van der Waals surface area contributed by atoms with Crippen molar-refractivity contribution in [2.45, 2.75) is 26.1 Å². The fraction of sp³-hybridized carbons (Fsp3) is 0.625. The minimum atomic E-state index is -0.340. The number of carbonyl (C=O) groups excluding carboxylic acids is 1. The summed E-state index contributed by atoms with van der Waals surface area (Å²) < 4.78 is 9.92. The molecule has 1 rings (SSSR count). The van der Waals surface area contributed by atoms with Crippen molar-refractivity contribution in [2.24, 2.45) is 0 Å². The van der Waals surface area contributed by atoms with Gasteiger partial charge in [0.2, 0.25) is 0 Å². The topological polar surface area (TPSA) is 38.8 Å². The van der Waals surface area contributed by atoms with Crippen LogP contribution in [0.1, 0.15) is 13.8 Å². The van der Waals surface area contributed by atoms with Crippen molar-refractivity contribution in [3.63, 3.8) is 0 Å². The van der Waals surface area contributed by atoms with E-state index in [1.165, 1.54) is 0 Å². The van der Waals surface area contributed by atoms with E-state index in [1.54, 1.807) is 6.92 Å². The Balaban J connectivity index is 2.28. The third kappa shape index (κ3) is 2.35. The first-order valence-electron chi connectivity index (χ1n) is 3.59. The third-order valence-corrected chi connectivity index (χ3v) is 1.52. The second kappa shape index (κ2) is 3.05. The summed E-state index contributed by atoms with van der Waals surface area (Å²) in [5.41, 5.74) is 0.428. The van der Waals surface area contributed by atoms with Crippen molar-refractivity contribution in [1.29, 1.82) is 0 Å². The van der Waals surface area contributed by atoms with Crippen LogP contribution in [-0.4, -0.2) is 24.8 Å². The van der Waals surface area contributed by atoms with Gasteiger partial charge in [0, 0.05) is 5.57 Å². The molecule has 0 bridgehead atoms. The number of ether oxygens (including phenoxy) is 2. The van der Waals surface area contributed by atoms with E-state index in [0.29, 0.717) is 12.2 Å². The molecule has 0 radical (unpaired) electrons. The van der Waals surface area contributed by atoms with Crippen molar-refractivity contribution in [3.05, 3.63) is 12.2 Å². The summed E-state index contributed by atoms with van der Waals surface area (Å²) in [5, 5.41) is 0. The molecule has 1 aliphatic rings. The summed E-state index contributed by atoms with van der Waals surface area (Å²) in [7, 11) is 0. The summed E-state index contributed by atoms with van der Waals surface area (Å²) in [6.45, 7) is 7.62. The fourth-order valence-corrected chi connectivity index (χ4v) is 0.672. The van der Waals surface area contributed by atoms with Gasteiger partial charge in [-0.3, -0.25) is 0 Å². The Bertz CT molecular complexity index is 182. The highest BCUT2D eigenvalue weighted by Gasteiger charge is 2.32. The van der Waals surface area contributed by atoms with Crippen LogP contribution in [0, 0.1) is 0 Å². The molecule has 62 valence electrons. The van der Waals surface area contributed by atoms with Gasteiger partial charge in [-0.1, -0.05) is 6.58 Å². The van der Waals surface area contributed by atoms with Gasteiger partial charge < -0.3 is 9.47 Å². The lowest BCUT2D eigenvalue weighted by Crippen LogP contribution is -2.20. The van der Waals surface area contributed by atoms with Crippen LogP contribution < -0.4 is 0 Å². The molecule has 0 spiro atoms. The van der Waals surface area contributed by atoms with Gasteiger partial charge in [-0.15, -0.1) is 0 Å². The molecule has 1 heterocycles. The molecule has 1 fully saturated rings. The van der Waals surface area contributed by atoms with Gasteiger partial charge >= 0.3 is 5.97 Å². The Morgan fingerprint density at radius 1 is 1.82 bits per heavy atom. The second-order valence-corrected chi connectivity index (χ2v) is 2.76. The molecule has 0 aromatic heterocycles. The van der Waals surface area contributed by atoms with E-state index in [4.69, 9.17) is 9.47 Å². The fourth-order valence-electron chi connectivity index (χ4n) is 0.672. The Morgan fingerprint density at radius 2 is 2.36 bits per heavy atom. The number of carbonyl (C=O) groups is 1. The Hall–Kier alpha value is -0.830. The summed E-state index contributed by atoms with van der Waals surface area (Å²) in [6, 6.07) is 0. The average molecular weight is 156 g/mol. The Labute approximate surface area is 66.0 Å². The highest BCUT2D eigenvalue weighted by atomic mass is 16.6. The van der Waals surface area contributed by atoms with E-state index < -0.39 is 0 Å². The zero-order valence-corrected chi connectivity index (χ0v) is 6.79. The molecule has 1 saturated heterocycles. The summed E-state index contributed by atoms with van der Waals surface area (Å²) in [5.74, 6) is -0.340. The predicted molar refractivity (Wildman–Crippen MR) is 40.1 cm³/mol. The van der Waals surface area contributed by atoms with Crippen LogP contribution in [0.15, 0.2) is 12.2 Å². The summed E-state index contributed by atoms with van der Waals surface area (Å²) >= 11 is 0. The quantitative estimate of drug-likeness (QED) is 0.346. The van der Waals surface area contributed by atoms with E-state index in [1.807, 2.05) is 6.92 Å². The lowest BCUT2D eigenvalue weighted by Gasteiger charge is -2.09. The molecular weight excluding hydrogens is 144 g/mol. The average Bonchev–Trinajstić information content (AvgIpc) is 2.67. The standard InChI is InChI=1S/C8H12O3/c1-5(2)8(9)11-6(3)7-4-10-7/h6-7H,1,4H2,2-3H3. The third-order valence-electron chi connectivity index (χ3n) is 1.52. The van der Waals surface area contributed by atoms with Crippen LogP contribution in [0.4, 0.5) is 0 Å². The van der Waals surface area contributed by atoms with Gasteiger partial charge in [-0.05, 0) is 13.8 Å². The molecule has 0 amide bonds. The number of epoxide rings is 1. The first-order chi connectivity index (χ1) is 5.11.